The predicted octanol–water partition coefficient (Wildman–Crippen LogP) is 5.19. The number of hydrogen-bond donors (Lipinski definition) is 1. The summed E-state index contributed by atoms with van der Waals surface area (Å²) in [4.78, 5) is 13.2. The van der Waals surface area contributed by atoms with Gasteiger partial charge in [-0.2, -0.15) is 0 Å². The highest BCUT2D eigenvalue weighted by molar-refractivity contribution is 8.00. The van der Waals surface area contributed by atoms with E-state index in [9.17, 15) is 4.79 Å². The van der Waals surface area contributed by atoms with Gasteiger partial charge in [-0.1, -0.05) is 29.8 Å². The number of rotatable bonds is 5. The molecule has 1 amide bonds. The Morgan fingerprint density at radius 3 is 2.58 bits per heavy atom. The number of fused-ring (bicyclic) bond motifs is 1. The molecule has 0 aromatic heterocycles. The van der Waals surface area contributed by atoms with E-state index in [-0.39, 0.29) is 11.9 Å². The largest absolute Gasteiger partial charge is 0.349 e. The molecular weight excluding hydrogens is 338 g/mol. The highest BCUT2D eigenvalue weighted by atomic mass is 35.5. The van der Waals surface area contributed by atoms with Crippen LogP contribution in [-0.4, -0.2) is 11.7 Å². The molecule has 3 rings (SSSR count). The summed E-state index contributed by atoms with van der Waals surface area (Å²) < 4.78 is 0. The van der Waals surface area contributed by atoms with E-state index in [1.807, 2.05) is 24.3 Å². The van der Waals surface area contributed by atoms with Crippen LogP contribution in [0.15, 0.2) is 47.4 Å². The SMILES string of the molecule is C[C@H](NC(=O)CSc1ccc(Cl)cc1)c1ccc2c(c1)CCCC2. The summed E-state index contributed by atoms with van der Waals surface area (Å²) in [6, 6.07) is 14.3. The lowest BCUT2D eigenvalue weighted by Crippen LogP contribution is -2.28. The Labute approximate surface area is 153 Å². The summed E-state index contributed by atoms with van der Waals surface area (Å²) in [7, 11) is 0. The van der Waals surface area contributed by atoms with Crippen LogP contribution in [0.2, 0.25) is 5.02 Å². The Bertz CT molecular complexity index is 714. The number of benzene rings is 2. The van der Waals surface area contributed by atoms with Crippen LogP contribution in [0, 0.1) is 0 Å². The van der Waals surface area contributed by atoms with E-state index in [4.69, 9.17) is 11.6 Å². The Hall–Kier alpha value is -1.45. The second-order valence-electron chi connectivity index (χ2n) is 6.27. The van der Waals surface area contributed by atoms with Gasteiger partial charge in [0.2, 0.25) is 5.91 Å². The fraction of sp³-hybridized carbons (Fsp3) is 0.350. The number of halogens is 1. The zero-order valence-electron chi connectivity index (χ0n) is 13.8. The van der Waals surface area contributed by atoms with Gasteiger partial charge in [-0.05, 0) is 73.6 Å². The first kappa shape index (κ1) is 17.4. The maximum atomic E-state index is 12.2. The maximum absolute atomic E-state index is 12.2. The van der Waals surface area contributed by atoms with E-state index in [0.717, 1.165) is 11.3 Å². The molecule has 1 aliphatic rings. The van der Waals surface area contributed by atoms with Gasteiger partial charge < -0.3 is 5.32 Å². The molecule has 1 N–H and O–H groups in total. The van der Waals surface area contributed by atoms with E-state index in [1.165, 1.54) is 47.7 Å². The van der Waals surface area contributed by atoms with Crippen molar-refractivity contribution in [3.8, 4) is 0 Å². The fourth-order valence-electron chi connectivity index (χ4n) is 3.07. The third-order valence-electron chi connectivity index (χ3n) is 4.43. The molecule has 0 spiro atoms. The normalized spacial score (nSPS) is 14.8. The van der Waals surface area contributed by atoms with Crippen molar-refractivity contribution in [2.75, 3.05) is 5.75 Å². The van der Waals surface area contributed by atoms with Crippen LogP contribution in [0.1, 0.15) is 42.5 Å². The summed E-state index contributed by atoms with van der Waals surface area (Å²) >= 11 is 7.40. The Balaban J connectivity index is 1.55. The second kappa shape index (κ2) is 8.09. The zero-order valence-corrected chi connectivity index (χ0v) is 15.4. The molecule has 1 aliphatic carbocycles. The minimum absolute atomic E-state index is 0.0375. The Morgan fingerprint density at radius 2 is 1.83 bits per heavy atom. The van der Waals surface area contributed by atoms with Gasteiger partial charge in [-0.3, -0.25) is 4.79 Å². The standard InChI is InChI=1S/C20H22ClNOS/c1-14(16-7-6-15-4-2-3-5-17(15)12-16)22-20(23)13-24-19-10-8-18(21)9-11-19/h6-12,14H,2-5,13H2,1H3,(H,22,23)/t14-/m0/s1. The number of amides is 1. The van der Waals surface area contributed by atoms with Crippen molar-refractivity contribution in [2.45, 2.75) is 43.5 Å². The summed E-state index contributed by atoms with van der Waals surface area (Å²) in [5.41, 5.74) is 4.12. The monoisotopic (exact) mass is 359 g/mol. The number of nitrogens with one attached hydrogen (secondary N) is 1. The molecule has 0 unspecified atom stereocenters. The predicted molar refractivity (Wildman–Crippen MR) is 102 cm³/mol. The molecule has 24 heavy (non-hydrogen) atoms. The number of carbonyl (C=O) groups is 1. The Morgan fingerprint density at radius 1 is 1.12 bits per heavy atom. The van der Waals surface area contributed by atoms with Crippen molar-refractivity contribution in [3.63, 3.8) is 0 Å². The number of hydrogen-bond acceptors (Lipinski definition) is 2. The molecule has 0 fully saturated rings. The van der Waals surface area contributed by atoms with Crippen molar-refractivity contribution in [2.24, 2.45) is 0 Å². The molecular formula is C20H22ClNOS. The van der Waals surface area contributed by atoms with Gasteiger partial charge in [0, 0.05) is 9.92 Å². The second-order valence-corrected chi connectivity index (χ2v) is 7.75. The number of carbonyl (C=O) groups excluding carboxylic acids is 1. The average Bonchev–Trinajstić information content (AvgIpc) is 2.61. The molecule has 0 aliphatic heterocycles. The molecule has 0 heterocycles. The maximum Gasteiger partial charge on any atom is 0.230 e. The lowest BCUT2D eigenvalue weighted by atomic mass is 9.89. The van der Waals surface area contributed by atoms with E-state index < -0.39 is 0 Å². The first-order valence-electron chi connectivity index (χ1n) is 8.41. The van der Waals surface area contributed by atoms with E-state index in [0.29, 0.717) is 10.8 Å². The minimum Gasteiger partial charge on any atom is -0.349 e. The molecule has 0 radical (unpaired) electrons. The molecule has 2 nitrogen and oxygen atoms in total. The van der Waals surface area contributed by atoms with Crippen LogP contribution in [-0.2, 0) is 17.6 Å². The van der Waals surface area contributed by atoms with E-state index >= 15 is 0 Å². The lowest BCUT2D eigenvalue weighted by Gasteiger charge is -2.20. The molecule has 2 aromatic rings. The topological polar surface area (TPSA) is 29.1 Å². The van der Waals surface area contributed by atoms with Crippen LogP contribution < -0.4 is 5.32 Å². The molecule has 126 valence electrons. The van der Waals surface area contributed by atoms with Gasteiger partial charge in [0.15, 0.2) is 0 Å². The highest BCUT2D eigenvalue weighted by Gasteiger charge is 2.14. The molecule has 2 aromatic carbocycles. The van der Waals surface area contributed by atoms with Gasteiger partial charge in [0.1, 0.15) is 0 Å². The summed E-state index contributed by atoms with van der Waals surface area (Å²) in [6.45, 7) is 2.05. The lowest BCUT2D eigenvalue weighted by molar-refractivity contribution is -0.119. The average molecular weight is 360 g/mol. The highest BCUT2D eigenvalue weighted by Crippen LogP contribution is 2.25. The van der Waals surface area contributed by atoms with Gasteiger partial charge >= 0.3 is 0 Å². The molecule has 0 saturated carbocycles. The Kier molecular flexibility index (Phi) is 5.85. The van der Waals surface area contributed by atoms with Gasteiger partial charge in [-0.15, -0.1) is 11.8 Å². The first-order chi connectivity index (χ1) is 11.6. The first-order valence-corrected chi connectivity index (χ1v) is 9.77. The summed E-state index contributed by atoms with van der Waals surface area (Å²) in [6.07, 6.45) is 4.92. The molecule has 4 heteroatoms. The van der Waals surface area contributed by atoms with Gasteiger partial charge in [0.25, 0.3) is 0 Å². The molecule has 0 bridgehead atoms. The quantitative estimate of drug-likeness (QED) is 0.744. The zero-order chi connectivity index (χ0) is 16.9. The van der Waals surface area contributed by atoms with Crippen molar-refractivity contribution < 1.29 is 4.79 Å². The number of thioether (sulfide) groups is 1. The summed E-state index contributed by atoms with van der Waals surface area (Å²) in [5, 5.41) is 3.81. The van der Waals surface area contributed by atoms with Gasteiger partial charge in [0.05, 0.1) is 11.8 Å². The van der Waals surface area contributed by atoms with E-state index in [2.05, 4.69) is 30.4 Å². The van der Waals surface area contributed by atoms with E-state index in [1.54, 1.807) is 0 Å². The third-order valence-corrected chi connectivity index (χ3v) is 5.70. The van der Waals surface area contributed by atoms with Gasteiger partial charge in [-0.25, -0.2) is 0 Å². The smallest absolute Gasteiger partial charge is 0.230 e. The molecule has 0 saturated heterocycles. The van der Waals surface area contributed by atoms with Crippen molar-refractivity contribution in [3.05, 3.63) is 64.2 Å². The van der Waals surface area contributed by atoms with Crippen LogP contribution in [0.5, 0.6) is 0 Å². The van der Waals surface area contributed by atoms with Crippen molar-refractivity contribution in [1.29, 1.82) is 0 Å². The van der Waals surface area contributed by atoms with Crippen LogP contribution >= 0.6 is 23.4 Å². The van der Waals surface area contributed by atoms with Crippen molar-refractivity contribution >= 4 is 29.3 Å². The van der Waals surface area contributed by atoms with Crippen molar-refractivity contribution in [1.82, 2.24) is 5.32 Å². The minimum atomic E-state index is 0.0375. The molecule has 1 atom stereocenters. The van der Waals surface area contributed by atoms with Crippen LogP contribution in [0.3, 0.4) is 0 Å². The number of aryl methyl sites for hydroxylation is 2. The van der Waals surface area contributed by atoms with Crippen LogP contribution in [0.25, 0.3) is 0 Å². The summed E-state index contributed by atoms with van der Waals surface area (Å²) in [5.74, 6) is 0.469. The van der Waals surface area contributed by atoms with Crippen LogP contribution in [0.4, 0.5) is 0 Å². The fourth-order valence-corrected chi connectivity index (χ4v) is 3.90. The third kappa shape index (κ3) is 4.55.